The number of piperidine rings is 1. The van der Waals surface area contributed by atoms with Gasteiger partial charge in [0.1, 0.15) is 11.4 Å². The topological polar surface area (TPSA) is 79.4 Å². The molecular weight excluding hydrogens is 470 g/mol. The van der Waals surface area contributed by atoms with Gasteiger partial charge < -0.3 is 19.3 Å². The summed E-state index contributed by atoms with van der Waals surface area (Å²) in [4.78, 5) is 44.3. The fourth-order valence-electron chi connectivity index (χ4n) is 5.86. The third kappa shape index (κ3) is 4.87. The first kappa shape index (κ1) is 24.4. The molecular formula is C26H34ClN3O5. The Kier molecular flexibility index (Phi) is 6.46. The maximum atomic E-state index is 13.5. The zero-order valence-corrected chi connectivity index (χ0v) is 21.5. The van der Waals surface area contributed by atoms with E-state index < -0.39 is 5.60 Å². The number of carbonyl (C=O) groups excluding carboxylic acids is 3. The van der Waals surface area contributed by atoms with Crippen molar-refractivity contribution in [2.24, 2.45) is 11.8 Å². The molecule has 1 aromatic carbocycles. The number of ketones is 1. The molecule has 3 unspecified atom stereocenters. The van der Waals surface area contributed by atoms with Gasteiger partial charge in [0.15, 0.2) is 0 Å². The van der Waals surface area contributed by atoms with E-state index in [4.69, 9.17) is 21.1 Å². The average Bonchev–Trinajstić information content (AvgIpc) is 3.01. The van der Waals surface area contributed by atoms with Gasteiger partial charge in [-0.05, 0) is 68.9 Å². The monoisotopic (exact) mass is 503 g/mol. The second-order valence-electron chi connectivity index (χ2n) is 11.1. The van der Waals surface area contributed by atoms with Crippen LogP contribution in [-0.4, -0.2) is 77.6 Å². The van der Waals surface area contributed by atoms with Crippen LogP contribution < -0.4 is 0 Å². The lowest BCUT2D eigenvalue weighted by Crippen LogP contribution is -2.52. The fourth-order valence-corrected chi connectivity index (χ4v) is 6.11. The summed E-state index contributed by atoms with van der Waals surface area (Å²) in [5, 5.41) is 0.611. The molecule has 4 aliphatic rings. The van der Waals surface area contributed by atoms with E-state index in [1.807, 2.05) is 42.7 Å². The van der Waals surface area contributed by atoms with E-state index in [0.29, 0.717) is 63.2 Å². The van der Waals surface area contributed by atoms with Gasteiger partial charge in [-0.15, -0.1) is 0 Å². The predicted octanol–water partition coefficient (Wildman–Crippen LogP) is 4.04. The summed E-state index contributed by atoms with van der Waals surface area (Å²) in [6, 6.07) is 3.50. The molecule has 0 radical (unpaired) electrons. The minimum absolute atomic E-state index is 0.00841. The van der Waals surface area contributed by atoms with Crippen molar-refractivity contribution in [1.29, 1.82) is 0 Å². The summed E-state index contributed by atoms with van der Waals surface area (Å²) >= 11 is 6.51. The highest BCUT2D eigenvalue weighted by Gasteiger charge is 2.43. The summed E-state index contributed by atoms with van der Waals surface area (Å²) in [5.41, 5.74) is 2.42. The van der Waals surface area contributed by atoms with Gasteiger partial charge >= 0.3 is 12.1 Å². The minimum Gasteiger partial charge on any atom is -0.444 e. The van der Waals surface area contributed by atoms with E-state index in [1.165, 1.54) is 0 Å². The number of Topliss-reactive ketones (excluding diaryl/α,β-unsaturated/α-hetero) is 1. The molecule has 0 spiro atoms. The number of hydrogen-bond donors (Lipinski definition) is 0. The van der Waals surface area contributed by atoms with Crippen LogP contribution in [0.5, 0.6) is 0 Å². The Morgan fingerprint density at radius 3 is 2.49 bits per heavy atom. The zero-order valence-electron chi connectivity index (χ0n) is 20.7. The number of likely N-dealkylation sites (tertiary alicyclic amines) is 1. The van der Waals surface area contributed by atoms with Gasteiger partial charge in [0.25, 0.3) is 0 Å². The number of nitrogens with zero attached hydrogens (tertiary/aromatic N) is 3. The summed E-state index contributed by atoms with van der Waals surface area (Å²) in [6.45, 7) is 8.86. The molecule has 9 heteroatoms. The molecule has 190 valence electrons. The first-order valence-corrected chi connectivity index (χ1v) is 12.9. The zero-order chi connectivity index (χ0) is 24.9. The number of fused-ring (bicyclic) bond motifs is 3. The smallest absolute Gasteiger partial charge is 0.410 e. The Morgan fingerprint density at radius 2 is 1.80 bits per heavy atom. The molecule has 1 saturated carbocycles. The molecule has 3 fully saturated rings. The van der Waals surface area contributed by atoms with Crippen molar-refractivity contribution in [3.63, 3.8) is 0 Å². The van der Waals surface area contributed by atoms with Crippen LogP contribution in [-0.2, 0) is 27.2 Å². The van der Waals surface area contributed by atoms with E-state index >= 15 is 0 Å². The summed E-state index contributed by atoms with van der Waals surface area (Å²) < 4.78 is 11.5. The number of carbonyl (C=O) groups is 3. The van der Waals surface area contributed by atoms with Gasteiger partial charge in [0.05, 0.1) is 19.3 Å². The van der Waals surface area contributed by atoms with Crippen molar-refractivity contribution < 1.29 is 23.9 Å². The summed E-state index contributed by atoms with van der Waals surface area (Å²) in [5.74, 6) is 0.311. The van der Waals surface area contributed by atoms with Crippen molar-refractivity contribution in [3.05, 3.63) is 33.8 Å². The molecule has 3 heterocycles. The van der Waals surface area contributed by atoms with Crippen LogP contribution in [0.1, 0.15) is 56.3 Å². The van der Waals surface area contributed by atoms with Gasteiger partial charge in [-0.2, -0.15) is 0 Å². The first-order chi connectivity index (χ1) is 16.6. The number of hydrogen-bond acceptors (Lipinski definition) is 5. The van der Waals surface area contributed by atoms with Crippen molar-refractivity contribution in [1.82, 2.24) is 14.7 Å². The normalized spacial score (nSPS) is 26.6. The van der Waals surface area contributed by atoms with Gasteiger partial charge in [-0.1, -0.05) is 11.6 Å². The SMILES string of the molecule is CC(C)(C)OC(=O)N1CCOCC1c1cc(Cl)cc2c1CN(C(=O)N1CC3CCC(C1)C3=O)CC2. The molecule has 2 saturated heterocycles. The largest absolute Gasteiger partial charge is 0.444 e. The van der Waals surface area contributed by atoms with Crippen LogP contribution in [0.4, 0.5) is 9.59 Å². The van der Waals surface area contributed by atoms with Crippen molar-refractivity contribution in [2.75, 3.05) is 39.4 Å². The van der Waals surface area contributed by atoms with Crippen molar-refractivity contribution in [3.8, 4) is 0 Å². The maximum Gasteiger partial charge on any atom is 0.410 e. The van der Waals surface area contributed by atoms with Gasteiger partial charge in [-0.3, -0.25) is 9.69 Å². The van der Waals surface area contributed by atoms with E-state index in [9.17, 15) is 14.4 Å². The van der Waals surface area contributed by atoms with E-state index in [-0.39, 0.29) is 30.0 Å². The highest BCUT2D eigenvalue weighted by atomic mass is 35.5. The summed E-state index contributed by atoms with van der Waals surface area (Å²) in [6.07, 6.45) is 2.09. The van der Waals surface area contributed by atoms with E-state index in [2.05, 4.69) is 0 Å². The molecule has 1 aromatic rings. The van der Waals surface area contributed by atoms with Crippen LogP contribution in [0.2, 0.25) is 5.02 Å². The molecule has 1 aliphatic carbocycles. The van der Waals surface area contributed by atoms with Crippen LogP contribution in [0, 0.1) is 11.8 Å². The lowest BCUT2D eigenvalue weighted by Gasteiger charge is -2.40. The summed E-state index contributed by atoms with van der Waals surface area (Å²) in [7, 11) is 0. The minimum atomic E-state index is -0.605. The Balaban J connectivity index is 1.40. The third-order valence-electron chi connectivity index (χ3n) is 7.55. The number of ether oxygens (including phenoxy) is 2. The highest BCUT2D eigenvalue weighted by molar-refractivity contribution is 6.30. The number of rotatable bonds is 1. The lowest BCUT2D eigenvalue weighted by molar-refractivity contribution is -0.126. The molecule has 3 aliphatic heterocycles. The standard InChI is InChI=1S/C26H34ClN3O5/c1-26(2,3)35-25(33)30-8-9-34-15-22(30)20-11-19(27)10-16-6-7-28(14-21(16)20)24(32)29-12-17-4-5-18(13-29)23(17)31/h10-11,17-18,22H,4-9,12-15H2,1-3H3. The molecule has 3 amide bonds. The van der Waals surface area contributed by atoms with Crippen LogP contribution in [0.3, 0.4) is 0 Å². The number of amides is 3. The molecule has 2 bridgehead atoms. The Bertz CT molecular complexity index is 1020. The van der Waals surface area contributed by atoms with Gasteiger partial charge in [0.2, 0.25) is 0 Å². The average molecular weight is 504 g/mol. The fraction of sp³-hybridized carbons (Fsp3) is 0.654. The van der Waals surface area contributed by atoms with Crippen LogP contribution in [0.15, 0.2) is 12.1 Å². The second kappa shape index (κ2) is 9.28. The Labute approximate surface area is 211 Å². The number of benzene rings is 1. The lowest BCUT2D eigenvalue weighted by atomic mass is 9.90. The predicted molar refractivity (Wildman–Crippen MR) is 130 cm³/mol. The second-order valence-corrected chi connectivity index (χ2v) is 11.6. The molecule has 3 atom stereocenters. The van der Waals surface area contributed by atoms with Crippen molar-refractivity contribution >= 4 is 29.5 Å². The van der Waals surface area contributed by atoms with E-state index in [1.54, 1.807) is 4.90 Å². The van der Waals surface area contributed by atoms with Crippen LogP contribution in [0.25, 0.3) is 0 Å². The van der Waals surface area contributed by atoms with Gasteiger partial charge in [0, 0.05) is 49.6 Å². The first-order valence-electron chi connectivity index (χ1n) is 12.6. The Hall–Kier alpha value is -2.32. The molecule has 5 rings (SSSR count). The number of morpholine rings is 1. The quantitative estimate of drug-likeness (QED) is 0.578. The number of halogens is 1. The molecule has 0 N–H and O–H groups in total. The van der Waals surface area contributed by atoms with Gasteiger partial charge in [-0.25, -0.2) is 9.59 Å². The molecule has 8 nitrogen and oxygen atoms in total. The van der Waals surface area contributed by atoms with Crippen molar-refractivity contribution in [2.45, 2.75) is 58.2 Å². The Morgan fingerprint density at radius 1 is 1.09 bits per heavy atom. The maximum absolute atomic E-state index is 13.5. The molecule has 35 heavy (non-hydrogen) atoms. The van der Waals surface area contributed by atoms with E-state index in [0.717, 1.165) is 29.5 Å². The third-order valence-corrected chi connectivity index (χ3v) is 7.77. The van der Waals surface area contributed by atoms with Crippen LogP contribution >= 0.6 is 11.6 Å². The number of urea groups is 1. The highest BCUT2D eigenvalue weighted by Crippen LogP contribution is 2.37. The molecule has 0 aromatic heterocycles.